The minimum atomic E-state index is -3.22. The number of benzene rings is 1. The van der Waals surface area contributed by atoms with Crippen LogP contribution in [0.15, 0.2) is 29.2 Å². The molecule has 2 rings (SSSR count). The maximum atomic E-state index is 11.5. The summed E-state index contributed by atoms with van der Waals surface area (Å²) in [7, 11) is -1.94. The van der Waals surface area contributed by atoms with Crippen LogP contribution in [0.3, 0.4) is 0 Å². The molecule has 0 amide bonds. The van der Waals surface area contributed by atoms with E-state index in [1.807, 2.05) is 6.92 Å². The van der Waals surface area contributed by atoms with Crippen LogP contribution in [0, 0.1) is 0 Å². The first-order valence-corrected chi connectivity index (χ1v) is 9.62. The van der Waals surface area contributed by atoms with Gasteiger partial charge in [0.15, 0.2) is 25.0 Å². The molecule has 6 nitrogen and oxygen atoms in total. The number of thiazole rings is 1. The first-order valence-electron chi connectivity index (χ1n) is 6.53. The van der Waals surface area contributed by atoms with Gasteiger partial charge in [-0.15, -0.1) is 0 Å². The standard InChI is InChI=1S/C14H15ClN2O4S2/c1-8(9-4-6-10(7-5-9)23(3,19)20)16-14-17-12(15)11(22-14)13(18)21-2/h4-8H,1-3H3,(H,16,17). The maximum absolute atomic E-state index is 11.5. The monoisotopic (exact) mass is 374 g/mol. The van der Waals surface area contributed by atoms with Crippen molar-refractivity contribution in [2.24, 2.45) is 0 Å². The van der Waals surface area contributed by atoms with Gasteiger partial charge in [-0.25, -0.2) is 18.2 Å². The highest BCUT2D eigenvalue weighted by Crippen LogP contribution is 2.30. The second-order valence-electron chi connectivity index (χ2n) is 4.84. The lowest BCUT2D eigenvalue weighted by molar-refractivity contribution is 0.0606. The molecule has 23 heavy (non-hydrogen) atoms. The van der Waals surface area contributed by atoms with Gasteiger partial charge in [0.25, 0.3) is 0 Å². The van der Waals surface area contributed by atoms with Crippen molar-refractivity contribution in [1.29, 1.82) is 0 Å². The molecule has 0 spiro atoms. The van der Waals surface area contributed by atoms with Crippen molar-refractivity contribution in [1.82, 2.24) is 4.98 Å². The van der Waals surface area contributed by atoms with E-state index in [1.165, 1.54) is 7.11 Å². The molecule has 0 aliphatic heterocycles. The van der Waals surface area contributed by atoms with Gasteiger partial charge in [-0.3, -0.25) is 0 Å². The summed E-state index contributed by atoms with van der Waals surface area (Å²) < 4.78 is 27.5. The van der Waals surface area contributed by atoms with Crippen molar-refractivity contribution in [2.45, 2.75) is 17.9 Å². The summed E-state index contributed by atoms with van der Waals surface area (Å²) >= 11 is 7.01. The van der Waals surface area contributed by atoms with Gasteiger partial charge in [0.2, 0.25) is 0 Å². The van der Waals surface area contributed by atoms with Crippen LogP contribution in [-0.2, 0) is 14.6 Å². The molecular weight excluding hydrogens is 360 g/mol. The Labute approximate surface area is 143 Å². The highest BCUT2D eigenvalue weighted by Gasteiger charge is 2.18. The molecule has 0 aliphatic rings. The molecule has 1 unspecified atom stereocenters. The fourth-order valence-corrected chi connectivity index (χ4v) is 3.67. The zero-order chi connectivity index (χ0) is 17.2. The van der Waals surface area contributed by atoms with Gasteiger partial charge in [-0.2, -0.15) is 0 Å². The molecule has 0 saturated carbocycles. The number of hydrogen-bond acceptors (Lipinski definition) is 7. The molecule has 1 aromatic heterocycles. The molecular formula is C14H15ClN2O4S2. The maximum Gasteiger partial charge on any atom is 0.351 e. The van der Waals surface area contributed by atoms with Crippen molar-refractivity contribution < 1.29 is 17.9 Å². The van der Waals surface area contributed by atoms with E-state index < -0.39 is 15.8 Å². The molecule has 2 aromatic rings. The van der Waals surface area contributed by atoms with Gasteiger partial charge in [-0.05, 0) is 24.6 Å². The summed E-state index contributed by atoms with van der Waals surface area (Å²) in [6.07, 6.45) is 1.16. The van der Waals surface area contributed by atoms with E-state index in [0.717, 1.165) is 23.2 Å². The summed E-state index contributed by atoms with van der Waals surface area (Å²) in [5.74, 6) is -0.536. The second kappa shape index (κ2) is 6.86. The Morgan fingerprint density at radius 3 is 2.48 bits per heavy atom. The number of nitrogens with one attached hydrogen (secondary N) is 1. The number of ether oxygens (including phenoxy) is 1. The van der Waals surface area contributed by atoms with E-state index in [1.54, 1.807) is 24.3 Å². The molecule has 124 valence electrons. The number of carbonyl (C=O) groups is 1. The quantitative estimate of drug-likeness (QED) is 0.809. The highest BCUT2D eigenvalue weighted by atomic mass is 35.5. The summed E-state index contributed by atoms with van der Waals surface area (Å²) in [6, 6.07) is 6.42. The van der Waals surface area contributed by atoms with Gasteiger partial charge in [-0.1, -0.05) is 35.1 Å². The first kappa shape index (κ1) is 17.7. The van der Waals surface area contributed by atoms with Crippen LogP contribution >= 0.6 is 22.9 Å². The third kappa shape index (κ3) is 4.21. The molecule has 1 N–H and O–H groups in total. The van der Waals surface area contributed by atoms with Gasteiger partial charge in [0, 0.05) is 6.26 Å². The van der Waals surface area contributed by atoms with Crippen LogP contribution in [0.4, 0.5) is 5.13 Å². The molecule has 0 aliphatic carbocycles. The van der Waals surface area contributed by atoms with E-state index in [2.05, 4.69) is 15.0 Å². The van der Waals surface area contributed by atoms with Gasteiger partial charge < -0.3 is 10.1 Å². The van der Waals surface area contributed by atoms with E-state index in [4.69, 9.17) is 11.6 Å². The fourth-order valence-electron chi connectivity index (χ4n) is 1.85. The molecule has 0 saturated heterocycles. The van der Waals surface area contributed by atoms with E-state index in [-0.39, 0.29) is 21.0 Å². The Kier molecular flexibility index (Phi) is 5.28. The van der Waals surface area contributed by atoms with E-state index in [0.29, 0.717) is 5.13 Å². The van der Waals surface area contributed by atoms with Crippen LogP contribution in [0.5, 0.6) is 0 Å². The smallest absolute Gasteiger partial charge is 0.351 e. The SMILES string of the molecule is COC(=O)c1sc(NC(C)c2ccc(S(C)(=O)=O)cc2)nc1Cl. The predicted octanol–water partition coefficient (Wildman–Crippen LogP) is 3.16. The van der Waals surface area contributed by atoms with Crippen LogP contribution in [-0.4, -0.2) is 32.7 Å². The Morgan fingerprint density at radius 2 is 1.96 bits per heavy atom. The average molecular weight is 375 g/mol. The number of halogens is 1. The Balaban J connectivity index is 2.16. The summed E-state index contributed by atoms with van der Waals surface area (Å²) in [5, 5.41) is 3.69. The third-order valence-corrected chi connectivity index (χ3v) is 5.59. The minimum absolute atomic E-state index is 0.0870. The first-order chi connectivity index (χ1) is 10.7. The average Bonchev–Trinajstić information content (AvgIpc) is 2.86. The zero-order valence-corrected chi connectivity index (χ0v) is 15.1. The largest absolute Gasteiger partial charge is 0.465 e. The Hall–Kier alpha value is -1.64. The summed E-state index contributed by atoms with van der Waals surface area (Å²) in [5.41, 5.74) is 0.878. The number of nitrogens with zero attached hydrogens (tertiary/aromatic N) is 1. The molecule has 0 bridgehead atoms. The number of aromatic nitrogens is 1. The van der Waals surface area contributed by atoms with E-state index in [9.17, 15) is 13.2 Å². The predicted molar refractivity (Wildman–Crippen MR) is 90.1 cm³/mol. The van der Waals surface area contributed by atoms with Crippen LogP contribution in [0.1, 0.15) is 28.2 Å². The lowest BCUT2D eigenvalue weighted by Crippen LogP contribution is -2.06. The number of methoxy groups -OCH3 is 1. The number of anilines is 1. The van der Waals surface area contributed by atoms with Crippen LogP contribution < -0.4 is 5.32 Å². The summed E-state index contributed by atoms with van der Waals surface area (Å²) in [6.45, 7) is 1.89. The molecule has 9 heteroatoms. The lowest BCUT2D eigenvalue weighted by Gasteiger charge is -2.13. The van der Waals surface area contributed by atoms with E-state index >= 15 is 0 Å². The Bertz CT molecular complexity index is 816. The topological polar surface area (TPSA) is 85.4 Å². The lowest BCUT2D eigenvalue weighted by atomic mass is 10.1. The highest BCUT2D eigenvalue weighted by molar-refractivity contribution is 7.90. The summed E-state index contributed by atoms with van der Waals surface area (Å²) in [4.78, 5) is 16.1. The van der Waals surface area contributed by atoms with Crippen LogP contribution in [0.25, 0.3) is 0 Å². The number of rotatable bonds is 5. The van der Waals surface area contributed by atoms with Crippen molar-refractivity contribution in [2.75, 3.05) is 18.7 Å². The van der Waals surface area contributed by atoms with Gasteiger partial charge >= 0.3 is 5.97 Å². The molecule has 1 atom stereocenters. The molecule has 1 heterocycles. The molecule has 0 radical (unpaired) electrons. The van der Waals surface area contributed by atoms with Gasteiger partial charge in [0.05, 0.1) is 18.0 Å². The number of hydrogen-bond donors (Lipinski definition) is 1. The number of sulfone groups is 1. The second-order valence-corrected chi connectivity index (χ2v) is 8.21. The fraction of sp³-hybridized carbons (Fsp3) is 0.286. The molecule has 1 aromatic carbocycles. The number of carbonyl (C=O) groups excluding carboxylic acids is 1. The van der Waals surface area contributed by atoms with Gasteiger partial charge in [0.1, 0.15) is 0 Å². The normalized spacial score (nSPS) is 12.7. The third-order valence-electron chi connectivity index (χ3n) is 3.10. The van der Waals surface area contributed by atoms with Crippen molar-refractivity contribution in [3.8, 4) is 0 Å². The van der Waals surface area contributed by atoms with Crippen LogP contribution in [0.2, 0.25) is 5.15 Å². The Morgan fingerprint density at radius 1 is 1.35 bits per heavy atom. The number of esters is 1. The van der Waals surface area contributed by atoms with Crippen molar-refractivity contribution in [3.05, 3.63) is 39.9 Å². The molecule has 0 fully saturated rings. The van der Waals surface area contributed by atoms with Crippen molar-refractivity contribution >= 4 is 43.9 Å². The van der Waals surface area contributed by atoms with Crippen molar-refractivity contribution in [3.63, 3.8) is 0 Å². The minimum Gasteiger partial charge on any atom is -0.465 e. The zero-order valence-electron chi connectivity index (χ0n) is 12.7.